The number of nitrogens with zero attached hydrogens (tertiary/aromatic N) is 2. The molecule has 23 heavy (non-hydrogen) atoms. The van der Waals surface area contributed by atoms with Gasteiger partial charge in [0.2, 0.25) is 10.0 Å². The van der Waals surface area contributed by atoms with Crippen LogP contribution in [0.2, 0.25) is 5.02 Å². The molecule has 0 saturated heterocycles. The van der Waals surface area contributed by atoms with Crippen LogP contribution in [0.25, 0.3) is 11.0 Å². The molecular weight excluding hydrogens is 334 g/mol. The second kappa shape index (κ2) is 6.31. The Morgan fingerprint density at radius 2 is 1.96 bits per heavy atom. The van der Waals surface area contributed by atoms with Crippen molar-refractivity contribution in [3.8, 4) is 0 Å². The van der Waals surface area contributed by atoms with Crippen molar-refractivity contribution in [1.82, 2.24) is 14.3 Å². The Kier molecular flexibility index (Phi) is 4.39. The normalized spacial score (nSPS) is 11.9. The SMILES string of the molecule is Cc1c(Cl)cccc1S(=O)(=O)NCCn1cnc2ccccc21. The molecule has 0 aliphatic carbocycles. The number of imidazole rings is 1. The van der Waals surface area contributed by atoms with Crippen molar-refractivity contribution in [2.45, 2.75) is 18.4 Å². The largest absolute Gasteiger partial charge is 0.329 e. The van der Waals surface area contributed by atoms with Crippen molar-refractivity contribution in [3.05, 3.63) is 59.4 Å². The Bertz CT molecular complexity index is 951. The molecule has 0 spiro atoms. The number of nitrogens with one attached hydrogen (secondary N) is 1. The first-order valence-corrected chi connectivity index (χ1v) is 9.00. The van der Waals surface area contributed by atoms with E-state index in [0.29, 0.717) is 17.1 Å². The van der Waals surface area contributed by atoms with Crippen LogP contribution in [-0.4, -0.2) is 24.5 Å². The molecule has 0 unspecified atom stereocenters. The topological polar surface area (TPSA) is 64.0 Å². The highest BCUT2D eigenvalue weighted by Crippen LogP contribution is 2.22. The van der Waals surface area contributed by atoms with Crippen LogP contribution in [0.15, 0.2) is 53.7 Å². The maximum absolute atomic E-state index is 12.4. The van der Waals surface area contributed by atoms with Crippen LogP contribution in [0.5, 0.6) is 0 Å². The van der Waals surface area contributed by atoms with Crippen LogP contribution in [-0.2, 0) is 16.6 Å². The Labute approximate surface area is 140 Å². The molecule has 0 bridgehead atoms. The molecule has 0 saturated carbocycles. The van der Waals surface area contributed by atoms with E-state index in [-0.39, 0.29) is 11.4 Å². The van der Waals surface area contributed by atoms with E-state index in [1.54, 1.807) is 31.5 Å². The Morgan fingerprint density at radius 1 is 1.17 bits per heavy atom. The van der Waals surface area contributed by atoms with Crippen LogP contribution < -0.4 is 4.72 Å². The molecule has 120 valence electrons. The van der Waals surface area contributed by atoms with E-state index < -0.39 is 10.0 Å². The zero-order valence-corrected chi connectivity index (χ0v) is 14.1. The lowest BCUT2D eigenvalue weighted by atomic mass is 10.2. The van der Waals surface area contributed by atoms with Gasteiger partial charge in [0.25, 0.3) is 0 Å². The molecule has 0 aliphatic rings. The molecule has 0 radical (unpaired) electrons. The van der Waals surface area contributed by atoms with E-state index >= 15 is 0 Å². The Hall–Kier alpha value is -1.89. The summed E-state index contributed by atoms with van der Waals surface area (Å²) in [6.07, 6.45) is 1.71. The number of benzene rings is 2. The zero-order chi connectivity index (χ0) is 16.4. The molecule has 0 fully saturated rings. The summed E-state index contributed by atoms with van der Waals surface area (Å²) in [5, 5.41) is 0.438. The number of para-hydroxylation sites is 2. The molecule has 1 heterocycles. The van der Waals surface area contributed by atoms with Gasteiger partial charge in [0, 0.05) is 18.1 Å². The maximum Gasteiger partial charge on any atom is 0.240 e. The lowest BCUT2D eigenvalue weighted by molar-refractivity contribution is 0.573. The van der Waals surface area contributed by atoms with E-state index in [4.69, 9.17) is 11.6 Å². The average Bonchev–Trinajstić information content (AvgIpc) is 2.93. The fourth-order valence-corrected chi connectivity index (χ4v) is 3.96. The smallest absolute Gasteiger partial charge is 0.240 e. The van der Waals surface area contributed by atoms with Gasteiger partial charge in [-0.2, -0.15) is 0 Å². The Morgan fingerprint density at radius 3 is 2.78 bits per heavy atom. The summed E-state index contributed by atoms with van der Waals surface area (Å²) in [5.74, 6) is 0. The zero-order valence-electron chi connectivity index (χ0n) is 12.5. The summed E-state index contributed by atoms with van der Waals surface area (Å²) in [5.41, 5.74) is 2.42. The van der Waals surface area contributed by atoms with Crippen molar-refractivity contribution < 1.29 is 8.42 Å². The second-order valence-electron chi connectivity index (χ2n) is 5.19. The second-order valence-corrected chi connectivity index (χ2v) is 7.33. The highest BCUT2D eigenvalue weighted by molar-refractivity contribution is 7.89. The van der Waals surface area contributed by atoms with Gasteiger partial charge in [0.1, 0.15) is 0 Å². The van der Waals surface area contributed by atoms with E-state index in [0.717, 1.165) is 11.0 Å². The standard InChI is InChI=1S/C16H16ClN3O2S/c1-12-13(17)5-4-8-16(12)23(21,22)19-9-10-20-11-18-14-6-2-3-7-15(14)20/h2-8,11,19H,9-10H2,1H3. The fourth-order valence-electron chi connectivity index (χ4n) is 2.45. The molecule has 0 aliphatic heterocycles. The monoisotopic (exact) mass is 349 g/mol. The van der Waals surface area contributed by atoms with E-state index in [1.165, 1.54) is 0 Å². The number of rotatable bonds is 5. The van der Waals surface area contributed by atoms with Gasteiger partial charge < -0.3 is 4.57 Å². The lowest BCUT2D eigenvalue weighted by Crippen LogP contribution is -2.28. The molecule has 0 atom stereocenters. The summed E-state index contributed by atoms with van der Waals surface area (Å²) in [4.78, 5) is 4.49. The average molecular weight is 350 g/mol. The fraction of sp³-hybridized carbons (Fsp3) is 0.188. The first-order chi connectivity index (χ1) is 11.0. The minimum Gasteiger partial charge on any atom is -0.329 e. The highest BCUT2D eigenvalue weighted by Gasteiger charge is 2.17. The van der Waals surface area contributed by atoms with Crippen molar-refractivity contribution in [1.29, 1.82) is 0 Å². The molecule has 1 aromatic heterocycles. The lowest BCUT2D eigenvalue weighted by Gasteiger charge is -2.11. The number of hydrogen-bond donors (Lipinski definition) is 1. The van der Waals surface area contributed by atoms with Crippen LogP contribution in [0.1, 0.15) is 5.56 Å². The molecule has 2 aromatic carbocycles. The van der Waals surface area contributed by atoms with Crippen molar-refractivity contribution in [2.24, 2.45) is 0 Å². The van der Waals surface area contributed by atoms with Crippen LogP contribution >= 0.6 is 11.6 Å². The quantitative estimate of drug-likeness (QED) is 0.770. The predicted octanol–water partition coefficient (Wildman–Crippen LogP) is 2.98. The third-order valence-corrected chi connectivity index (χ3v) is 5.69. The molecule has 7 heteroatoms. The summed E-state index contributed by atoms with van der Waals surface area (Å²) in [6, 6.07) is 12.6. The van der Waals surface area contributed by atoms with Gasteiger partial charge in [-0.25, -0.2) is 18.1 Å². The van der Waals surface area contributed by atoms with Gasteiger partial charge in [0.15, 0.2) is 0 Å². The van der Waals surface area contributed by atoms with Gasteiger partial charge in [-0.05, 0) is 36.8 Å². The number of halogens is 1. The first kappa shape index (κ1) is 16.0. The summed E-state index contributed by atoms with van der Waals surface area (Å²) in [7, 11) is -3.59. The van der Waals surface area contributed by atoms with Crippen LogP contribution in [0, 0.1) is 6.92 Å². The van der Waals surface area contributed by atoms with Gasteiger partial charge in [-0.1, -0.05) is 29.8 Å². The van der Waals surface area contributed by atoms with E-state index in [1.807, 2.05) is 28.8 Å². The molecule has 0 amide bonds. The third-order valence-electron chi connectivity index (χ3n) is 3.68. The molecule has 3 aromatic rings. The molecular formula is C16H16ClN3O2S. The van der Waals surface area contributed by atoms with Crippen molar-refractivity contribution >= 4 is 32.7 Å². The number of fused-ring (bicyclic) bond motifs is 1. The predicted molar refractivity (Wildman–Crippen MR) is 91.1 cm³/mol. The minimum absolute atomic E-state index is 0.209. The van der Waals surface area contributed by atoms with Crippen LogP contribution in [0.4, 0.5) is 0 Å². The summed E-state index contributed by atoms with van der Waals surface area (Å²) >= 11 is 6.00. The summed E-state index contributed by atoms with van der Waals surface area (Å²) < 4.78 is 29.3. The highest BCUT2D eigenvalue weighted by atomic mass is 35.5. The first-order valence-electron chi connectivity index (χ1n) is 7.14. The number of aromatic nitrogens is 2. The number of sulfonamides is 1. The van der Waals surface area contributed by atoms with Crippen molar-refractivity contribution in [2.75, 3.05) is 6.54 Å². The molecule has 1 N–H and O–H groups in total. The van der Waals surface area contributed by atoms with E-state index in [2.05, 4.69) is 9.71 Å². The number of hydrogen-bond acceptors (Lipinski definition) is 3. The third kappa shape index (κ3) is 3.24. The van der Waals surface area contributed by atoms with Gasteiger partial charge in [-0.3, -0.25) is 0 Å². The summed E-state index contributed by atoms with van der Waals surface area (Å²) in [6.45, 7) is 2.47. The molecule has 3 rings (SSSR count). The van der Waals surface area contributed by atoms with Gasteiger partial charge >= 0.3 is 0 Å². The molecule has 5 nitrogen and oxygen atoms in total. The van der Waals surface area contributed by atoms with Gasteiger partial charge in [-0.15, -0.1) is 0 Å². The van der Waals surface area contributed by atoms with Crippen LogP contribution in [0.3, 0.4) is 0 Å². The maximum atomic E-state index is 12.4. The van der Waals surface area contributed by atoms with Crippen molar-refractivity contribution in [3.63, 3.8) is 0 Å². The van der Waals surface area contributed by atoms with E-state index in [9.17, 15) is 8.42 Å². The Balaban J connectivity index is 1.74. The minimum atomic E-state index is -3.59. The van der Waals surface area contributed by atoms with Gasteiger partial charge in [0.05, 0.1) is 22.3 Å².